The second-order valence-corrected chi connectivity index (χ2v) is 7.96. The minimum Gasteiger partial charge on any atom is -0.355 e. The summed E-state index contributed by atoms with van der Waals surface area (Å²) < 4.78 is 28.0. The molecule has 1 aliphatic rings. The number of rotatable bonds is 3. The van der Waals surface area contributed by atoms with Gasteiger partial charge in [0, 0.05) is 16.3 Å². The summed E-state index contributed by atoms with van der Waals surface area (Å²) in [6.45, 7) is 0.494. The number of amides is 1. The molecular weight excluding hydrogens is 320 g/mol. The van der Waals surface area contributed by atoms with Gasteiger partial charge in [0.2, 0.25) is 5.91 Å². The van der Waals surface area contributed by atoms with Gasteiger partial charge < -0.3 is 5.32 Å². The third-order valence-corrected chi connectivity index (χ3v) is 6.35. The van der Waals surface area contributed by atoms with E-state index in [9.17, 15) is 13.2 Å². The molecule has 20 heavy (non-hydrogen) atoms. The first-order valence-corrected chi connectivity index (χ1v) is 8.63. The monoisotopic (exact) mass is 330 g/mol. The molecule has 1 amide bonds. The van der Waals surface area contributed by atoms with Crippen LogP contribution in [0.4, 0.5) is 0 Å². The average Bonchev–Trinajstić information content (AvgIpc) is 2.96. The van der Waals surface area contributed by atoms with Crippen molar-refractivity contribution in [2.45, 2.75) is 16.7 Å². The van der Waals surface area contributed by atoms with E-state index in [1.165, 1.54) is 0 Å². The number of benzene rings is 1. The highest BCUT2D eigenvalue weighted by Gasteiger charge is 2.30. The van der Waals surface area contributed by atoms with E-state index in [4.69, 9.17) is 11.6 Å². The van der Waals surface area contributed by atoms with Crippen LogP contribution < -0.4 is 10.0 Å². The summed E-state index contributed by atoms with van der Waals surface area (Å²) in [5.74, 6) is -0.280. The molecule has 1 aromatic carbocycles. The lowest BCUT2D eigenvalue weighted by Crippen LogP contribution is -2.39. The lowest BCUT2D eigenvalue weighted by Gasteiger charge is -2.08. The molecule has 1 aliphatic heterocycles. The van der Waals surface area contributed by atoms with Crippen LogP contribution in [0.5, 0.6) is 0 Å². The number of carbonyl (C=O) groups is 1. The molecule has 2 aromatic rings. The predicted octanol–water partition coefficient (Wildman–Crippen LogP) is 1.72. The highest BCUT2D eigenvalue weighted by Crippen LogP contribution is 2.31. The van der Waals surface area contributed by atoms with Crippen LogP contribution in [0.25, 0.3) is 10.1 Å². The number of thiophene rings is 1. The van der Waals surface area contributed by atoms with E-state index in [-0.39, 0.29) is 10.1 Å². The van der Waals surface area contributed by atoms with Crippen molar-refractivity contribution in [1.82, 2.24) is 10.0 Å². The number of nitrogens with one attached hydrogen (secondary N) is 2. The molecule has 0 spiro atoms. The predicted molar refractivity (Wildman–Crippen MR) is 78.6 cm³/mol. The molecule has 8 heteroatoms. The Morgan fingerprint density at radius 2 is 2.15 bits per heavy atom. The van der Waals surface area contributed by atoms with Gasteiger partial charge in [-0.25, -0.2) is 8.42 Å². The van der Waals surface area contributed by atoms with Crippen molar-refractivity contribution in [2.75, 3.05) is 6.54 Å². The number of halogens is 1. The van der Waals surface area contributed by atoms with Gasteiger partial charge in [0.1, 0.15) is 10.3 Å². The second kappa shape index (κ2) is 5.00. The van der Waals surface area contributed by atoms with Crippen LogP contribution >= 0.6 is 22.9 Å². The van der Waals surface area contributed by atoms with Crippen LogP contribution in [0, 0.1) is 0 Å². The van der Waals surface area contributed by atoms with Gasteiger partial charge in [-0.2, -0.15) is 4.72 Å². The Balaban J connectivity index is 1.94. The van der Waals surface area contributed by atoms with Gasteiger partial charge in [-0.3, -0.25) is 4.79 Å². The third-order valence-electron chi connectivity index (χ3n) is 3.07. The van der Waals surface area contributed by atoms with Crippen molar-refractivity contribution in [3.63, 3.8) is 0 Å². The minimum absolute atomic E-state index is 0.189. The van der Waals surface area contributed by atoms with Crippen LogP contribution in [-0.2, 0) is 14.8 Å². The summed E-state index contributed by atoms with van der Waals surface area (Å²) in [7, 11) is -3.69. The van der Waals surface area contributed by atoms with E-state index < -0.39 is 16.1 Å². The molecule has 0 saturated carbocycles. The van der Waals surface area contributed by atoms with Crippen molar-refractivity contribution >= 4 is 49.0 Å². The first-order chi connectivity index (χ1) is 9.45. The molecule has 0 radical (unpaired) electrons. The van der Waals surface area contributed by atoms with E-state index in [2.05, 4.69) is 10.0 Å². The lowest BCUT2D eigenvalue weighted by molar-refractivity contribution is -0.120. The van der Waals surface area contributed by atoms with Crippen LogP contribution in [0.3, 0.4) is 0 Å². The van der Waals surface area contributed by atoms with Crippen molar-refractivity contribution in [3.8, 4) is 0 Å². The summed E-state index contributed by atoms with van der Waals surface area (Å²) in [4.78, 5) is 11.4. The third kappa shape index (κ3) is 2.54. The SMILES string of the molecule is O=C1NCC[C@@H]1NS(=O)(=O)c1cc2ccc(Cl)cc2s1. The Bertz CT molecular complexity index is 785. The van der Waals surface area contributed by atoms with Gasteiger partial charge in [-0.1, -0.05) is 17.7 Å². The molecule has 0 bridgehead atoms. The van der Waals surface area contributed by atoms with Gasteiger partial charge in [-0.05, 0) is 30.0 Å². The smallest absolute Gasteiger partial charge is 0.250 e. The van der Waals surface area contributed by atoms with Crippen molar-refractivity contribution in [2.24, 2.45) is 0 Å². The number of hydrogen-bond donors (Lipinski definition) is 2. The van der Waals surface area contributed by atoms with Crippen LogP contribution in [0.15, 0.2) is 28.5 Å². The van der Waals surface area contributed by atoms with Crippen LogP contribution in [-0.4, -0.2) is 26.9 Å². The Hall–Kier alpha value is -1.15. The molecule has 106 valence electrons. The molecule has 5 nitrogen and oxygen atoms in total. The summed E-state index contributed by atoms with van der Waals surface area (Å²) in [6.07, 6.45) is 0.467. The standard InChI is InChI=1S/C12H11ClN2O3S2/c13-8-2-1-7-5-11(19-10(7)6-8)20(17,18)15-9-3-4-14-12(9)16/h1-2,5-6,9,15H,3-4H2,(H,14,16)/t9-/m0/s1. The molecule has 0 aliphatic carbocycles. The summed E-state index contributed by atoms with van der Waals surface area (Å²) >= 11 is 7.02. The maximum Gasteiger partial charge on any atom is 0.250 e. The van der Waals surface area contributed by atoms with Crippen LogP contribution in [0.1, 0.15) is 6.42 Å². The molecule has 1 aromatic heterocycles. The number of fused-ring (bicyclic) bond motifs is 1. The molecule has 2 heterocycles. The highest BCUT2D eigenvalue weighted by atomic mass is 35.5. The fraction of sp³-hybridized carbons (Fsp3) is 0.250. The van der Waals surface area contributed by atoms with E-state index >= 15 is 0 Å². The summed E-state index contributed by atoms with van der Waals surface area (Å²) in [5.41, 5.74) is 0. The van der Waals surface area contributed by atoms with Crippen molar-refractivity contribution in [1.29, 1.82) is 0 Å². The first kappa shape index (κ1) is 13.8. The van der Waals surface area contributed by atoms with E-state index in [0.29, 0.717) is 18.0 Å². The summed E-state index contributed by atoms with van der Waals surface area (Å²) in [5, 5.41) is 3.97. The number of hydrogen-bond acceptors (Lipinski definition) is 4. The van der Waals surface area contributed by atoms with Crippen LogP contribution in [0.2, 0.25) is 5.02 Å². The first-order valence-electron chi connectivity index (χ1n) is 5.95. The molecule has 1 saturated heterocycles. The number of carbonyl (C=O) groups excluding carboxylic acids is 1. The second-order valence-electron chi connectivity index (χ2n) is 4.50. The molecule has 1 fully saturated rings. The molecular formula is C12H11ClN2O3S2. The van der Waals surface area contributed by atoms with Gasteiger partial charge in [0.15, 0.2) is 0 Å². The molecule has 3 rings (SSSR count). The van der Waals surface area contributed by atoms with Gasteiger partial charge >= 0.3 is 0 Å². The maximum atomic E-state index is 12.3. The molecule has 2 N–H and O–H groups in total. The Morgan fingerprint density at radius 3 is 2.85 bits per heavy atom. The fourth-order valence-electron chi connectivity index (χ4n) is 2.06. The largest absolute Gasteiger partial charge is 0.355 e. The van der Waals surface area contributed by atoms with Gasteiger partial charge in [-0.15, -0.1) is 11.3 Å². The quantitative estimate of drug-likeness (QED) is 0.899. The van der Waals surface area contributed by atoms with Gasteiger partial charge in [0.05, 0.1) is 0 Å². The number of sulfonamides is 1. The maximum absolute atomic E-state index is 12.3. The molecule has 0 unspecified atom stereocenters. The normalized spacial score (nSPS) is 19.4. The minimum atomic E-state index is -3.69. The zero-order valence-electron chi connectivity index (χ0n) is 10.2. The van der Waals surface area contributed by atoms with E-state index in [1.807, 2.05) is 0 Å². The van der Waals surface area contributed by atoms with E-state index in [1.54, 1.807) is 24.3 Å². The zero-order valence-corrected chi connectivity index (χ0v) is 12.6. The molecule has 1 atom stereocenters. The Labute approximate surface area is 125 Å². The summed E-state index contributed by atoms with van der Waals surface area (Å²) in [6, 6.07) is 6.11. The average molecular weight is 331 g/mol. The fourth-order valence-corrected chi connectivity index (χ4v) is 4.99. The van der Waals surface area contributed by atoms with Crippen molar-refractivity contribution < 1.29 is 13.2 Å². The Kier molecular flexibility index (Phi) is 3.45. The highest BCUT2D eigenvalue weighted by molar-refractivity contribution is 7.91. The van der Waals surface area contributed by atoms with E-state index in [0.717, 1.165) is 21.4 Å². The topological polar surface area (TPSA) is 75.3 Å². The van der Waals surface area contributed by atoms with Crippen molar-refractivity contribution in [3.05, 3.63) is 29.3 Å². The van der Waals surface area contributed by atoms with Gasteiger partial charge in [0.25, 0.3) is 10.0 Å². The lowest BCUT2D eigenvalue weighted by atomic mass is 10.3. The zero-order chi connectivity index (χ0) is 14.3. The Morgan fingerprint density at radius 1 is 1.35 bits per heavy atom.